The van der Waals surface area contributed by atoms with E-state index in [1.807, 2.05) is 16.1 Å². The molecule has 198 valence electrons. The molecule has 0 saturated heterocycles. The fraction of sp³-hybridized carbons (Fsp3) is 0.571. The first kappa shape index (κ1) is 26.0. The van der Waals surface area contributed by atoms with Crippen molar-refractivity contribution in [1.29, 1.82) is 0 Å². The van der Waals surface area contributed by atoms with Crippen LogP contribution < -0.4 is 0 Å². The molecule has 2 N–H and O–H groups in total. The Morgan fingerprint density at radius 3 is 2.65 bits per heavy atom. The molecule has 0 aliphatic heterocycles. The molecule has 2 fully saturated rings. The average molecular weight is 525 g/mol. The van der Waals surface area contributed by atoms with Gasteiger partial charge < -0.3 is 15.1 Å². The summed E-state index contributed by atoms with van der Waals surface area (Å²) in [7, 11) is 2.18. The van der Waals surface area contributed by atoms with E-state index in [2.05, 4.69) is 28.3 Å². The highest BCUT2D eigenvalue weighted by atomic mass is 32.1. The van der Waals surface area contributed by atoms with E-state index in [0.717, 1.165) is 93.8 Å². The average Bonchev–Trinajstić information content (AvgIpc) is 3.69. The zero-order valence-electron chi connectivity index (χ0n) is 21.4. The summed E-state index contributed by atoms with van der Waals surface area (Å²) in [4.78, 5) is 26.4. The Balaban J connectivity index is 1.16. The third-order valence-corrected chi connectivity index (χ3v) is 9.68. The molecule has 5 rings (SSSR count). The number of thiophene rings is 1. The van der Waals surface area contributed by atoms with E-state index >= 15 is 0 Å². The minimum atomic E-state index is -1.76. The minimum absolute atomic E-state index is 0.195. The van der Waals surface area contributed by atoms with Gasteiger partial charge in [-0.1, -0.05) is 18.1 Å². The van der Waals surface area contributed by atoms with Crippen LogP contribution in [0.5, 0.6) is 0 Å². The molecule has 2 aromatic heterocycles. The molecule has 2 saturated carbocycles. The van der Waals surface area contributed by atoms with Gasteiger partial charge in [-0.25, -0.2) is 9.48 Å². The molecule has 0 radical (unpaired) electrons. The van der Waals surface area contributed by atoms with Crippen LogP contribution in [0.4, 0.5) is 0 Å². The van der Waals surface area contributed by atoms with Crippen LogP contribution in [0.2, 0.25) is 0 Å². The lowest BCUT2D eigenvalue weighted by Gasteiger charge is -2.36. The van der Waals surface area contributed by atoms with Crippen LogP contribution in [0, 0.1) is 5.92 Å². The predicted molar refractivity (Wildman–Crippen MR) is 143 cm³/mol. The Labute approximate surface area is 221 Å². The van der Waals surface area contributed by atoms with Gasteiger partial charge in [-0.3, -0.25) is 4.79 Å². The number of fused-ring (bicyclic) bond motifs is 1. The van der Waals surface area contributed by atoms with Crippen molar-refractivity contribution in [3.05, 3.63) is 45.6 Å². The Hall–Kier alpha value is -2.62. The first-order valence-corrected chi connectivity index (χ1v) is 14.3. The molecule has 8 nitrogen and oxygen atoms in total. The number of aromatic nitrogens is 3. The fourth-order valence-electron chi connectivity index (χ4n) is 6.46. The highest BCUT2D eigenvalue weighted by molar-refractivity contribution is 7.10. The standard InChI is InChI=1S/C28H36N4O4S/c1-31(14-4-15-32-25-12-7-19(18-33)17-24(25)29-30-32)22-10-8-20(9-11-22)23-13-16-37-26(23)28(36,27(34)35)21-5-2-3-6-21/h7,12-13,16-18,20-22,36H,2-6,8-11,14-15H2,1H3,(H,34,35)/t20-,22-,28-/m1/s1. The summed E-state index contributed by atoms with van der Waals surface area (Å²) < 4.78 is 1.90. The van der Waals surface area contributed by atoms with Gasteiger partial charge in [0, 0.05) is 24.1 Å². The number of carboxylic acids is 1. The lowest BCUT2D eigenvalue weighted by molar-refractivity contribution is -0.166. The Morgan fingerprint density at radius 2 is 1.95 bits per heavy atom. The summed E-state index contributed by atoms with van der Waals surface area (Å²) in [6.07, 6.45) is 9.45. The maximum absolute atomic E-state index is 12.3. The number of aliphatic carboxylic acids is 1. The largest absolute Gasteiger partial charge is 0.479 e. The number of rotatable bonds is 10. The van der Waals surface area contributed by atoms with E-state index < -0.39 is 11.6 Å². The summed E-state index contributed by atoms with van der Waals surface area (Å²) in [5.74, 6) is -0.990. The van der Waals surface area contributed by atoms with Crippen LogP contribution in [0.3, 0.4) is 0 Å². The molecule has 1 aromatic carbocycles. The van der Waals surface area contributed by atoms with Gasteiger partial charge in [0.25, 0.3) is 0 Å². The molecule has 2 aliphatic rings. The van der Waals surface area contributed by atoms with E-state index in [1.54, 1.807) is 12.1 Å². The molecule has 37 heavy (non-hydrogen) atoms. The smallest absolute Gasteiger partial charge is 0.341 e. The second-order valence-electron chi connectivity index (χ2n) is 10.8. The molecule has 2 heterocycles. The van der Waals surface area contributed by atoms with Crippen LogP contribution in [0.1, 0.15) is 84.5 Å². The van der Waals surface area contributed by atoms with Gasteiger partial charge in [-0.05, 0) is 99.7 Å². The number of carbonyl (C=O) groups is 2. The molecule has 1 atom stereocenters. The highest BCUT2D eigenvalue weighted by Crippen LogP contribution is 2.47. The van der Waals surface area contributed by atoms with Gasteiger partial charge in [0.1, 0.15) is 11.8 Å². The molecule has 2 aliphatic carbocycles. The van der Waals surface area contributed by atoms with E-state index in [4.69, 9.17) is 0 Å². The molecule has 9 heteroatoms. The van der Waals surface area contributed by atoms with Crippen LogP contribution in [-0.4, -0.2) is 62.0 Å². The topological polar surface area (TPSA) is 109 Å². The number of hydrogen-bond donors (Lipinski definition) is 2. The highest BCUT2D eigenvalue weighted by Gasteiger charge is 2.49. The summed E-state index contributed by atoms with van der Waals surface area (Å²) in [6.45, 7) is 1.72. The maximum Gasteiger partial charge on any atom is 0.341 e. The Bertz CT molecular complexity index is 1240. The monoisotopic (exact) mass is 524 g/mol. The summed E-state index contributed by atoms with van der Waals surface area (Å²) in [5.41, 5.74) is 1.59. The van der Waals surface area contributed by atoms with Crippen molar-refractivity contribution in [3.63, 3.8) is 0 Å². The molecular formula is C28H36N4O4S. The van der Waals surface area contributed by atoms with Crippen molar-refractivity contribution in [1.82, 2.24) is 19.9 Å². The molecule has 0 bridgehead atoms. The number of carboxylic acid groups (broad SMARTS) is 1. The van der Waals surface area contributed by atoms with Crippen molar-refractivity contribution in [2.75, 3.05) is 13.6 Å². The quantitative estimate of drug-likeness (QED) is 0.366. The van der Waals surface area contributed by atoms with Gasteiger partial charge in [0.15, 0.2) is 5.60 Å². The van der Waals surface area contributed by atoms with Crippen LogP contribution in [0.15, 0.2) is 29.6 Å². The number of aliphatic hydroxyl groups is 1. The van der Waals surface area contributed by atoms with Gasteiger partial charge in [0.05, 0.1) is 10.4 Å². The van der Waals surface area contributed by atoms with Gasteiger partial charge in [-0.2, -0.15) is 0 Å². The summed E-state index contributed by atoms with van der Waals surface area (Å²) in [5, 5.41) is 31.9. The van der Waals surface area contributed by atoms with Gasteiger partial charge >= 0.3 is 5.97 Å². The van der Waals surface area contributed by atoms with Crippen molar-refractivity contribution in [3.8, 4) is 0 Å². The number of aryl methyl sites for hydroxylation is 1. The summed E-state index contributed by atoms with van der Waals surface area (Å²) >= 11 is 1.41. The van der Waals surface area contributed by atoms with E-state index in [9.17, 15) is 19.8 Å². The van der Waals surface area contributed by atoms with E-state index in [1.165, 1.54) is 11.3 Å². The summed E-state index contributed by atoms with van der Waals surface area (Å²) in [6, 6.07) is 8.01. The van der Waals surface area contributed by atoms with Crippen molar-refractivity contribution in [2.45, 2.75) is 81.9 Å². The van der Waals surface area contributed by atoms with Crippen LogP contribution in [0.25, 0.3) is 11.0 Å². The van der Waals surface area contributed by atoms with Crippen molar-refractivity contribution >= 4 is 34.6 Å². The van der Waals surface area contributed by atoms with Crippen molar-refractivity contribution < 1.29 is 19.8 Å². The van der Waals surface area contributed by atoms with E-state index in [-0.39, 0.29) is 5.92 Å². The van der Waals surface area contributed by atoms with Gasteiger partial charge in [0.2, 0.25) is 0 Å². The lowest BCUT2D eigenvalue weighted by Crippen LogP contribution is -2.42. The molecule has 0 unspecified atom stereocenters. The Kier molecular flexibility index (Phi) is 7.74. The number of aldehydes is 1. The molecular weight excluding hydrogens is 488 g/mol. The van der Waals surface area contributed by atoms with Crippen LogP contribution in [-0.2, 0) is 16.9 Å². The third kappa shape index (κ3) is 5.09. The number of nitrogens with zero attached hydrogens (tertiary/aromatic N) is 4. The fourth-order valence-corrected chi connectivity index (χ4v) is 7.61. The normalized spacial score (nSPS) is 22.5. The minimum Gasteiger partial charge on any atom is -0.479 e. The molecule has 0 spiro atoms. The maximum atomic E-state index is 12.3. The predicted octanol–water partition coefficient (Wildman–Crippen LogP) is 4.82. The van der Waals surface area contributed by atoms with Crippen molar-refractivity contribution in [2.24, 2.45) is 5.92 Å². The molecule has 3 aromatic rings. The number of carbonyl (C=O) groups excluding carboxylic acids is 1. The third-order valence-electron chi connectivity index (χ3n) is 8.63. The van der Waals surface area contributed by atoms with Gasteiger partial charge in [-0.15, -0.1) is 16.4 Å². The second kappa shape index (κ2) is 11.0. The second-order valence-corrected chi connectivity index (χ2v) is 11.7. The number of benzene rings is 1. The Morgan fingerprint density at radius 1 is 1.19 bits per heavy atom. The first-order valence-electron chi connectivity index (χ1n) is 13.4. The number of hydrogen-bond acceptors (Lipinski definition) is 7. The first-order chi connectivity index (χ1) is 17.9. The zero-order chi connectivity index (χ0) is 26.0. The zero-order valence-corrected chi connectivity index (χ0v) is 22.2. The lowest BCUT2D eigenvalue weighted by atomic mass is 9.76. The molecule has 0 amide bonds. The van der Waals surface area contributed by atoms with Crippen LogP contribution >= 0.6 is 11.3 Å². The SMILES string of the molecule is CN(CCCn1nnc2cc(C=O)ccc21)[C@H]1CC[C@H](c2ccsc2[C@@](O)(C(=O)O)C2CCCC2)CC1. The van der Waals surface area contributed by atoms with E-state index in [0.29, 0.717) is 22.4 Å².